The van der Waals surface area contributed by atoms with Gasteiger partial charge >= 0.3 is 0 Å². The molecule has 3 aliphatic heterocycles. The highest BCUT2D eigenvalue weighted by atomic mass is 17.2. The summed E-state index contributed by atoms with van der Waals surface area (Å²) < 4.78 is 12.9. The number of allylic oxidation sites excluding steroid dienone is 1. The Balaban J connectivity index is 1.47. The fraction of sp³-hybridized carbons (Fsp3) is 0.517. The second kappa shape index (κ2) is 12.2. The average Bonchev–Trinajstić information content (AvgIpc) is 3.57. The van der Waals surface area contributed by atoms with Crippen LogP contribution in [0, 0.1) is 6.92 Å². The first-order valence-corrected chi connectivity index (χ1v) is 13.8. The number of hydrogen-bond donors (Lipinski definition) is 6. The van der Waals surface area contributed by atoms with E-state index in [9.17, 15) is 25.2 Å². The third kappa shape index (κ3) is 5.74. The number of rotatable bonds is 12. The lowest BCUT2D eigenvalue weighted by Gasteiger charge is -2.42. The van der Waals surface area contributed by atoms with Gasteiger partial charge in [-0.3, -0.25) is 9.79 Å². The Morgan fingerprint density at radius 1 is 1.21 bits per heavy atom. The van der Waals surface area contributed by atoms with Gasteiger partial charge < -0.3 is 44.9 Å². The molecular weight excluding hydrogens is 550 g/mol. The fourth-order valence-electron chi connectivity index (χ4n) is 5.39. The molecule has 1 aromatic carbocycles. The standard InChI is InChI=1S/C29H37N3O10/c1-15-8-20(34)18-9-17-10-23(42-39-14-22(36)26(38)25(37)21(35)13-33)29(2,5-7-30-3)41-27(17)24(28(18)40-15)32-11-16-4-6-31-19(16)12-32/h4,6,8-9,12,21-23,25-26,30,33,35-38H,5,7,10-11,13-14H2,1-3H3. The molecular formula is C29H37N3O10. The fourth-order valence-corrected chi connectivity index (χ4v) is 5.39. The van der Waals surface area contributed by atoms with Crippen LogP contribution in [0.1, 0.15) is 24.7 Å². The van der Waals surface area contributed by atoms with Gasteiger partial charge in [-0.25, -0.2) is 9.78 Å². The molecule has 0 aliphatic carbocycles. The van der Waals surface area contributed by atoms with Crippen LogP contribution in [0.2, 0.25) is 0 Å². The normalized spacial score (nSPS) is 24.1. The second-order valence-corrected chi connectivity index (χ2v) is 11.1. The minimum Gasteiger partial charge on any atom is -0.482 e. The van der Waals surface area contributed by atoms with E-state index in [-0.39, 0.29) is 11.8 Å². The maximum atomic E-state index is 13.1. The van der Waals surface area contributed by atoms with Crippen molar-refractivity contribution in [2.24, 2.45) is 4.99 Å². The number of aliphatic imine (C=N–C) groups is 1. The van der Waals surface area contributed by atoms with Crippen molar-refractivity contribution in [3.05, 3.63) is 57.2 Å². The monoisotopic (exact) mass is 587 g/mol. The van der Waals surface area contributed by atoms with Crippen LogP contribution in [-0.4, -0.2) is 101 Å². The van der Waals surface area contributed by atoms with Crippen LogP contribution in [0.5, 0.6) is 5.75 Å². The van der Waals surface area contributed by atoms with Crippen molar-refractivity contribution >= 4 is 22.9 Å². The van der Waals surface area contributed by atoms with Crippen molar-refractivity contribution in [3.63, 3.8) is 0 Å². The number of aliphatic hydroxyl groups is 5. The third-order valence-corrected chi connectivity index (χ3v) is 7.91. The number of benzene rings is 1. The molecule has 0 saturated heterocycles. The van der Waals surface area contributed by atoms with Crippen LogP contribution in [0.3, 0.4) is 0 Å². The molecule has 228 valence electrons. The van der Waals surface area contributed by atoms with Crippen molar-refractivity contribution in [1.29, 1.82) is 0 Å². The molecule has 0 saturated carbocycles. The first-order chi connectivity index (χ1) is 20.1. The van der Waals surface area contributed by atoms with Crippen molar-refractivity contribution in [1.82, 2.24) is 5.32 Å². The van der Waals surface area contributed by atoms with Crippen LogP contribution in [-0.2, 0) is 16.2 Å². The molecule has 6 N–H and O–H groups in total. The van der Waals surface area contributed by atoms with E-state index < -0.39 is 49.3 Å². The van der Waals surface area contributed by atoms with Crippen LogP contribution in [0.25, 0.3) is 11.0 Å². The van der Waals surface area contributed by atoms with Crippen molar-refractivity contribution in [2.75, 3.05) is 38.3 Å². The predicted molar refractivity (Wildman–Crippen MR) is 152 cm³/mol. The molecule has 1 aromatic heterocycles. The van der Waals surface area contributed by atoms with E-state index in [2.05, 4.69) is 10.3 Å². The smallest absolute Gasteiger partial charge is 0.193 e. The molecule has 42 heavy (non-hydrogen) atoms. The Kier molecular flexibility index (Phi) is 8.83. The molecule has 2 aromatic rings. The molecule has 0 bridgehead atoms. The number of aryl methyl sites for hydroxylation is 1. The predicted octanol–water partition coefficient (Wildman–Crippen LogP) is -0.171. The van der Waals surface area contributed by atoms with Gasteiger partial charge in [-0.15, -0.1) is 0 Å². The van der Waals surface area contributed by atoms with Crippen LogP contribution >= 0.6 is 0 Å². The largest absolute Gasteiger partial charge is 0.482 e. The van der Waals surface area contributed by atoms with E-state index in [0.29, 0.717) is 53.2 Å². The van der Waals surface area contributed by atoms with E-state index in [4.69, 9.17) is 24.0 Å². The van der Waals surface area contributed by atoms with Crippen LogP contribution < -0.4 is 20.4 Å². The summed E-state index contributed by atoms with van der Waals surface area (Å²) in [5, 5.41) is 52.3. The first kappa shape index (κ1) is 30.3. The number of nitrogens with one attached hydrogen (secondary N) is 1. The topological polar surface area (TPSA) is 187 Å². The summed E-state index contributed by atoms with van der Waals surface area (Å²) in [6.45, 7) is 3.36. The van der Waals surface area contributed by atoms with Gasteiger partial charge in [0.2, 0.25) is 0 Å². The van der Waals surface area contributed by atoms with E-state index in [0.717, 1.165) is 11.3 Å². The Bertz CT molecular complexity index is 1470. The second-order valence-electron chi connectivity index (χ2n) is 11.1. The number of hydrogen-bond acceptors (Lipinski definition) is 13. The van der Waals surface area contributed by atoms with Crippen LogP contribution in [0.4, 0.5) is 5.69 Å². The Labute approximate surface area is 241 Å². The van der Waals surface area contributed by atoms with E-state index in [1.54, 1.807) is 19.2 Å². The number of aliphatic hydroxyl groups excluding tert-OH is 5. The summed E-state index contributed by atoms with van der Waals surface area (Å²) in [4.78, 5) is 30.6. The third-order valence-electron chi connectivity index (χ3n) is 7.91. The van der Waals surface area contributed by atoms with Gasteiger partial charge in [0.15, 0.2) is 16.8 Å². The molecule has 6 unspecified atom stereocenters. The van der Waals surface area contributed by atoms with E-state index >= 15 is 0 Å². The molecule has 6 atom stereocenters. The molecule has 5 rings (SSSR count). The molecule has 3 aliphatic rings. The average molecular weight is 588 g/mol. The van der Waals surface area contributed by atoms with Gasteiger partial charge in [0.25, 0.3) is 0 Å². The number of ether oxygens (including phenoxy) is 1. The first-order valence-electron chi connectivity index (χ1n) is 13.8. The molecule has 0 radical (unpaired) electrons. The molecule has 13 heteroatoms. The van der Waals surface area contributed by atoms with Crippen molar-refractivity contribution in [2.45, 2.75) is 62.8 Å². The minimum absolute atomic E-state index is 0.194. The van der Waals surface area contributed by atoms with E-state index in [1.165, 1.54) is 6.07 Å². The van der Waals surface area contributed by atoms with Gasteiger partial charge in [-0.2, -0.15) is 0 Å². The quantitative estimate of drug-likeness (QED) is 0.142. The van der Waals surface area contributed by atoms with Crippen molar-refractivity contribution < 1.29 is 44.5 Å². The SMILES string of the molecule is CNCCC1(C)Oc2c(cc3c(=O)cc(C)oc3c2N2C=C3N=CC=C3C2)CC1OOCC(O)C(O)C(O)C(O)CO. The van der Waals surface area contributed by atoms with Gasteiger partial charge in [0.05, 0.1) is 24.2 Å². The summed E-state index contributed by atoms with van der Waals surface area (Å²) in [7, 11) is 1.82. The zero-order valence-electron chi connectivity index (χ0n) is 23.7. The summed E-state index contributed by atoms with van der Waals surface area (Å²) in [5.74, 6) is 1.02. The van der Waals surface area contributed by atoms with Gasteiger partial charge in [-0.1, -0.05) is 0 Å². The lowest BCUT2D eigenvalue weighted by molar-refractivity contribution is -0.360. The highest BCUT2D eigenvalue weighted by molar-refractivity contribution is 5.96. The van der Waals surface area contributed by atoms with Crippen molar-refractivity contribution in [3.8, 4) is 5.75 Å². The minimum atomic E-state index is -1.79. The molecule has 4 heterocycles. The summed E-state index contributed by atoms with van der Waals surface area (Å²) in [6.07, 6.45) is -1.17. The lowest BCUT2D eigenvalue weighted by Crippen LogP contribution is -2.52. The highest BCUT2D eigenvalue weighted by Gasteiger charge is 2.45. The number of fused-ring (bicyclic) bond motifs is 3. The van der Waals surface area contributed by atoms with Crippen LogP contribution in [0.15, 0.2) is 49.9 Å². The van der Waals surface area contributed by atoms with E-state index in [1.807, 2.05) is 31.1 Å². The molecule has 0 fully saturated rings. The molecule has 0 amide bonds. The summed E-state index contributed by atoms with van der Waals surface area (Å²) >= 11 is 0. The number of anilines is 1. The molecule has 0 spiro atoms. The Morgan fingerprint density at radius 2 is 1.98 bits per heavy atom. The van der Waals surface area contributed by atoms with Gasteiger partial charge in [0, 0.05) is 42.5 Å². The Morgan fingerprint density at radius 3 is 2.69 bits per heavy atom. The number of nitrogens with zero attached hydrogens (tertiary/aromatic N) is 2. The summed E-state index contributed by atoms with van der Waals surface area (Å²) in [6, 6.07) is 3.18. The maximum absolute atomic E-state index is 13.1. The van der Waals surface area contributed by atoms with Gasteiger partial charge in [0.1, 0.15) is 54.2 Å². The maximum Gasteiger partial charge on any atom is 0.193 e. The van der Waals surface area contributed by atoms with Gasteiger partial charge in [-0.05, 0) is 39.6 Å². The Hall–Kier alpha value is -3.14. The zero-order chi connectivity index (χ0) is 30.2. The highest BCUT2D eigenvalue weighted by Crippen LogP contribution is 2.48. The lowest BCUT2D eigenvalue weighted by atomic mass is 9.86. The molecule has 13 nitrogen and oxygen atoms in total. The summed E-state index contributed by atoms with van der Waals surface area (Å²) in [5.41, 5.74) is 2.45. The zero-order valence-corrected chi connectivity index (χ0v) is 23.7.